The van der Waals surface area contributed by atoms with Gasteiger partial charge in [-0.15, -0.1) is 0 Å². The number of fused-ring (bicyclic) bond motifs is 1. The van der Waals surface area contributed by atoms with Gasteiger partial charge in [-0.3, -0.25) is 5.01 Å². The second-order valence-electron chi connectivity index (χ2n) is 2.72. The van der Waals surface area contributed by atoms with Crippen LogP contribution in [0.1, 0.15) is 5.56 Å². The number of hydrazine groups is 1. The van der Waals surface area contributed by atoms with E-state index in [1.54, 1.807) is 0 Å². The number of hydrogen-bond donors (Lipinski definition) is 2. The zero-order valence-electron chi connectivity index (χ0n) is 6.45. The van der Waals surface area contributed by atoms with Crippen LogP contribution in [0.5, 0.6) is 0 Å². The fourth-order valence-electron chi connectivity index (χ4n) is 1.22. The number of nitrogens with two attached hydrogens (primary N) is 1. The van der Waals surface area contributed by atoms with Gasteiger partial charge in [0.05, 0.1) is 6.54 Å². The molecule has 2 amide bonds. The summed E-state index contributed by atoms with van der Waals surface area (Å²) in [7, 11) is 0. The summed E-state index contributed by atoms with van der Waals surface area (Å²) in [6, 6.07) is 7.35. The predicted octanol–water partition coefficient (Wildman–Crippen LogP) is 0.908. The first kappa shape index (κ1) is 7.12. The van der Waals surface area contributed by atoms with E-state index in [0.717, 1.165) is 16.3 Å². The summed E-state index contributed by atoms with van der Waals surface area (Å²) in [6.45, 7) is 0.474. The number of nitrogens with zero attached hydrogens (tertiary/aromatic N) is 1. The first-order valence-corrected chi connectivity index (χ1v) is 3.68. The van der Waals surface area contributed by atoms with E-state index in [2.05, 4.69) is 5.32 Å². The van der Waals surface area contributed by atoms with Crippen molar-refractivity contribution >= 4 is 11.7 Å². The zero-order valence-corrected chi connectivity index (χ0v) is 6.45. The lowest BCUT2D eigenvalue weighted by Gasteiger charge is -2.24. The Morgan fingerprint density at radius 3 is 3.00 bits per heavy atom. The van der Waals surface area contributed by atoms with E-state index >= 15 is 0 Å². The highest BCUT2D eigenvalue weighted by Gasteiger charge is 2.18. The number of rotatable bonds is 0. The highest BCUT2D eigenvalue weighted by molar-refractivity contribution is 5.91. The zero-order chi connectivity index (χ0) is 8.55. The van der Waals surface area contributed by atoms with Crippen LogP contribution in [-0.4, -0.2) is 11.0 Å². The molecule has 2 rings (SSSR count). The van der Waals surface area contributed by atoms with Crippen LogP contribution in [0.15, 0.2) is 24.3 Å². The second-order valence-corrected chi connectivity index (χ2v) is 2.72. The Hall–Kier alpha value is -1.55. The molecule has 1 aromatic rings. The van der Waals surface area contributed by atoms with E-state index in [1.165, 1.54) is 0 Å². The lowest BCUT2D eigenvalue weighted by atomic mass is 10.1. The Morgan fingerprint density at radius 2 is 2.17 bits per heavy atom. The summed E-state index contributed by atoms with van der Waals surface area (Å²) in [4.78, 5) is 11.0. The third-order valence-corrected chi connectivity index (χ3v) is 1.86. The minimum Gasteiger partial charge on any atom is -0.306 e. The molecule has 0 unspecified atom stereocenters. The van der Waals surface area contributed by atoms with Crippen LogP contribution in [0.4, 0.5) is 10.5 Å². The van der Waals surface area contributed by atoms with Gasteiger partial charge in [-0.05, 0) is 11.6 Å². The Balaban J connectivity index is 2.40. The minimum absolute atomic E-state index is 0.256. The molecule has 0 atom stereocenters. The number of amides is 2. The van der Waals surface area contributed by atoms with Crippen LogP contribution in [0.25, 0.3) is 0 Å². The standard InChI is InChI=1S/C8H9N3O/c9-11-5-6-3-1-2-4-7(6)10-8(11)12/h1-4H,5,9H2,(H,10,12). The molecular weight excluding hydrogens is 154 g/mol. The van der Waals surface area contributed by atoms with Gasteiger partial charge in [0.15, 0.2) is 0 Å². The number of urea groups is 1. The van der Waals surface area contributed by atoms with Crippen molar-refractivity contribution in [3.63, 3.8) is 0 Å². The smallest absolute Gasteiger partial charge is 0.306 e. The maximum atomic E-state index is 11.0. The molecule has 0 aromatic heterocycles. The molecule has 0 fully saturated rings. The number of benzene rings is 1. The van der Waals surface area contributed by atoms with Gasteiger partial charge in [0, 0.05) is 5.69 Å². The van der Waals surface area contributed by atoms with E-state index in [-0.39, 0.29) is 6.03 Å². The molecule has 3 N–H and O–H groups in total. The van der Waals surface area contributed by atoms with Crippen molar-refractivity contribution in [1.29, 1.82) is 0 Å². The molecule has 1 aliphatic heterocycles. The fourth-order valence-corrected chi connectivity index (χ4v) is 1.22. The molecule has 1 aliphatic rings. The largest absolute Gasteiger partial charge is 0.336 e. The third kappa shape index (κ3) is 1.02. The first-order chi connectivity index (χ1) is 5.77. The highest BCUT2D eigenvalue weighted by Crippen LogP contribution is 2.20. The fraction of sp³-hybridized carbons (Fsp3) is 0.125. The lowest BCUT2D eigenvalue weighted by molar-refractivity contribution is 0.208. The predicted molar refractivity (Wildman–Crippen MR) is 45.2 cm³/mol. The summed E-state index contributed by atoms with van der Waals surface area (Å²) in [5.74, 6) is 5.41. The van der Waals surface area contributed by atoms with E-state index in [4.69, 9.17) is 5.84 Å². The van der Waals surface area contributed by atoms with Gasteiger partial charge in [-0.1, -0.05) is 18.2 Å². The molecule has 1 heterocycles. The molecule has 4 nitrogen and oxygen atoms in total. The minimum atomic E-state index is -0.256. The number of carbonyl (C=O) groups excluding carboxylic acids is 1. The van der Waals surface area contributed by atoms with Crippen LogP contribution in [0, 0.1) is 0 Å². The van der Waals surface area contributed by atoms with Crippen LogP contribution >= 0.6 is 0 Å². The van der Waals surface area contributed by atoms with Gasteiger partial charge in [0.25, 0.3) is 0 Å². The van der Waals surface area contributed by atoms with Crippen molar-refractivity contribution in [2.75, 3.05) is 5.32 Å². The Bertz CT molecular complexity index is 324. The number of carbonyl (C=O) groups is 1. The van der Waals surface area contributed by atoms with Crippen LogP contribution in [0.2, 0.25) is 0 Å². The highest BCUT2D eigenvalue weighted by atomic mass is 16.2. The molecule has 0 bridgehead atoms. The normalized spacial score (nSPS) is 15.4. The SMILES string of the molecule is NN1Cc2ccccc2NC1=O. The summed E-state index contributed by atoms with van der Waals surface area (Å²) >= 11 is 0. The van der Waals surface area contributed by atoms with E-state index in [1.807, 2.05) is 24.3 Å². The Morgan fingerprint density at radius 1 is 1.42 bits per heavy atom. The molecule has 0 spiro atoms. The molecule has 0 saturated carbocycles. The van der Waals surface area contributed by atoms with Crippen molar-refractivity contribution in [2.24, 2.45) is 5.84 Å². The average molecular weight is 163 g/mol. The molecule has 0 aliphatic carbocycles. The summed E-state index contributed by atoms with van der Waals surface area (Å²) in [5.41, 5.74) is 1.89. The molecule has 62 valence electrons. The van der Waals surface area contributed by atoms with Crippen LogP contribution in [-0.2, 0) is 6.54 Å². The number of para-hydroxylation sites is 1. The van der Waals surface area contributed by atoms with Gasteiger partial charge in [-0.25, -0.2) is 10.6 Å². The topological polar surface area (TPSA) is 58.4 Å². The monoisotopic (exact) mass is 163 g/mol. The van der Waals surface area contributed by atoms with Gasteiger partial charge < -0.3 is 5.32 Å². The molecule has 1 aromatic carbocycles. The van der Waals surface area contributed by atoms with Crippen molar-refractivity contribution in [2.45, 2.75) is 6.54 Å². The summed E-state index contributed by atoms with van der Waals surface area (Å²) in [6.07, 6.45) is 0. The third-order valence-electron chi connectivity index (χ3n) is 1.86. The van der Waals surface area contributed by atoms with Crippen molar-refractivity contribution in [3.8, 4) is 0 Å². The van der Waals surface area contributed by atoms with Gasteiger partial charge >= 0.3 is 6.03 Å². The van der Waals surface area contributed by atoms with E-state index in [0.29, 0.717) is 6.54 Å². The van der Waals surface area contributed by atoms with Crippen molar-refractivity contribution in [1.82, 2.24) is 5.01 Å². The van der Waals surface area contributed by atoms with Gasteiger partial charge in [-0.2, -0.15) is 0 Å². The van der Waals surface area contributed by atoms with Crippen molar-refractivity contribution in [3.05, 3.63) is 29.8 Å². The molecular formula is C8H9N3O. The number of anilines is 1. The van der Waals surface area contributed by atoms with Crippen LogP contribution < -0.4 is 11.2 Å². The maximum Gasteiger partial charge on any atom is 0.336 e. The maximum absolute atomic E-state index is 11.0. The summed E-state index contributed by atoms with van der Waals surface area (Å²) in [5, 5.41) is 3.83. The van der Waals surface area contributed by atoms with Gasteiger partial charge in [0.2, 0.25) is 0 Å². The Labute approximate surface area is 69.9 Å². The Kier molecular flexibility index (Phi) is 1.48. The molecule has 0 radical (unpaired) electrons. The lowest BCUT2D eigenvalue weighted by Crippen LogP contribution is -2.43. The van der Waals surface area contributed by atoms with E-state index < -0.39 is 0 Å². The first-order valence-electron chi connectivity index (χ1n) is 3.68. The molecule has 4 heteroatoms. The van der Waals surface area contributed by atoms with Crippen molar-refractivity contribution < 1.29 is 4.79 Å². The number of nitrogens with one attached hydrogen (secondary N) is 1. The number of hydrogen-bond acceptors (Lipinski definition) is 2. The summed E-state index contributed by atoms with van der Waals surface area (Å²) < 4.78 is 0. The quantitative estimate of drug-likeness (QED) is 0.441. The van der Waals surface area contributed by atoms with E-state index in [9.17, 15) is 4.79 Å². The second kappa shape index (κ2) is 2.49. The van der Waals surface area contributed by atoms with Gasteiger partial charge in [0.1, 0.15) is 0 Å². The molecule has 12 heavy (non-hydrogen) atoms. The van der Waals surface area contributed by atoms with Crippen LogP contribution in [0.3, 0.4) is 0 Å². The molecule has 0 saturated heterocycles. The average Bonchev–Trinajstić information content (AvgIpc) is 2.07.